The van der Waals surface area contributed by atoms with Crippen LogP contribution in [0.3, 0.4) is 0 Å². The Morgan fingerprint density at radius 3 is 1.56 bits per heavy atom. The molecule has 0 heterocycles. The van der Waals surface area contributed by atoms with Gasteiger partial charge in [0.25, 0.3) is 0 Å². The Hall–Kier alpha value is 0.576. The molecule has 0 aliphatic heterocycles. The van der Waals surface area contributed by atoms with Gasteiger partial charge in [-0.15, -0.1) is 0 Å². The van der Waals surface area contributed by atoms with Gasteiger partial charge < -0.3 is 16.9 Å². The predicted molar refractivity (Wildman–Crippen MR) is 26.9 cm³/mol. The summed E-state index contributed by atoms with van der Waals surface area (Å²) < 4.78 is 0. The third-order valence-electron chi connectivity index (χ3n) is 0.274. The maximum absolute atomic E-state index is 8.47. The van der Waals surface area contributed by atoms with Crippen LogP contribution in [-0.4, -0.2) is 10.7 Å². The van der Waals surface area contributed by atoms with Crippen LogP contribution < -0.4 is 51.4 Å². The molecule has 3 nitrogen and oxygen atoms in total. The van der Waals surface area contributed by atoms with Gasteiger partial charge in [-0.25, -0.2) is 0 Å². The average molecular weight is 150 g/mol. The van der Waals surface area contributed by atoms with E-state index in [0.29, 0.717) is 0 Å². The zero-order chi connectivity index (χ0) is 7.21. The molecule has 9 heavy (non-hydrogen) atoms. The molecule has 0 radical (unpaired) electrons. The Balaban J connectivity index is -0.000000109. The SMILES string of the molecule is CC(C)(O)C#N.[C-]#N.[K+]. The summed E-state index contributed by atoms with van der Waals surface area (Å²) in [4.78, 5) is 0. The fourth-order valence-electron chi connectivity index (χ4n) is 0. The molecule has 0 aliphatic rings. The molecule has 0 aliphatic carbocycles. The molecule has 0 atom stereocenters. The molecule has 44 valence electrons. The average Bonchev–Trinajstić information content (AvgIpc) is 1.71. The van der Waals surface area contributed by atoms with E-state index >= 15 is 0 Å². The molecule has 0 fully saturated rings. The fraction of sp³-hybridized carbons (Fsp3) is 0.600. The summed E-state index contributed by atoms with van der Waals surface area (Å²) in [6.07, 6.45) is 0. The zero-order valence-electron chi connectivity index (χ0n) is 5.84. The van der Waals surface area contributed by atoms with Crippen molar-refractivity contribution < 1.29 is 56.5 Å². The minimum Gasteiger partial charge on any atom is -0.512 e. The van der Waals surface area contributed by atoms with Gasteiger partial charge in [-0.1, -0.05) is 0 Å². The van der Waals surface area contributed by atoms with Crippen LogP contribution in [0.4, 0.5) is 0 Å². The number of nitriles is 1. The summed E-state index contributed by atoms with van der Waals surface area (Å²) in [7, 11) is 0. The van der Waals surface area contributed by atoms with Crippen molar-refractivity contribution in [1.82, 2.24) is 0 Å². The van der Waals surface area contributed by atoms with Crippen LogP contribution in [0.1, 0.15) is 13.8 Å². The van der Waals surface area contributed by atoms with Crippen molar-refractivity contribution in [2.75, 3.05) is 0 Å². The summed E-state index contributed by atoms with van der Waals surface area (Å²) in [5.41, 5.74) is -1.15. The van der Waals surface area contributed by atoms with Gasteiger partial charge in [0.15, 0.2) is 0 Å². The van der Waals surface area contributed by atoms with Crippen LogP contribution in [0.2, 0.25) is 0 Å². The van der Waals surface area contributed by atoms with Gasteiger partial charge in [0.05, 0.1) is 6.07 Å². The Morgan fingerprint density at radius 2 is 1.56 bits per heavy atom. The molecular formula is C5H7KN2O. The van der Waals surface area contributed by atoms with Crippen molar-refractivity contribution in [2.45, 2.75) is 19.4 Å². The Kier molecular flexibility index (Phi) is 15.5. The third-order valence-corrected chi connectivity index (χ3v) is 0.274. The molecule has 1 N–H and O–H groups in total. The summed E-state index contributed by atoms with van der Waals surface area (Å²) in [5.74, 6) is 0. The molecule has 0 bridgehead atoms. The van der Waals surface area contributed by atoms with Gasteiger partial charge in [-0.3, -0.25) is 0 Å². The van der Waals surface area contributed by atoms with Gasteiger partial charge in [0.1, 0.15) is 5.60 Å². The zero-order valence-corrected chi connectivity index (χ0v) is 8.96. The molecular weight excluding hydrogens is 143 g/mol. The first-order chi connectivity index (χ1) is 3.56. The van der Waals surface area contributed by atoms with Gasteiger partial charge in [0, 0.05) is 0 Å². The second kappa shape index (κ2) is 8.58. The molecule has 0 unspecified atom stereocenters. The number of nitrogens with zero attached hydrogens (tertiary/aromatic N) is 2. The standard InChI is InChI=1S/C4H7NO.CN.K/c1-4(2,6)3-5;1-2;/h6H,1-2H3;;/q;-1;+1. The van der Waals surface area contributed by atoms with E-state index in [4.69, 9.17) is 22.2 Å². The Labute approximate surface area is 97.7 Å². The van der Waals surface area contributed by atoms with Crippen LogP contribution in [0.15, 0.2) is 0 Å². The number of hydrogen-bond acceptors (Lipinski definition) is 3. The van der Waals surface area contributed by atoms with Crippen LogP contribution in [-0.2, 0) is 0 Å². The molecule has 0 aromatic carbocycles. The largest absolute Gasteiger partial charge is 1.00 e. The van der Waals surface area contributed by atoms with E-state index in [1.165, 1.54) is 13.8 Å². The molecule has 0 amide bonds. The van der Waals surface area contributed by atoms with E-state index in [1.54, 1.807) is 6.07 Å². The second-order valence-corrected chi connectivity index (χ2v) is 1.67. The van der Waals surface area contributed by atoms with Gasteiger partial charge in [-0.2, -0.15) is 5.26 Å². The Morgan fingerprint density at radius 1 is 1.44 bits per heavy atom. The molecule has 0 aromatic heterocycles. The molecule has 4 heteroatoms. The molecule has 0 spiro atoms. The maximum atomic E-state index is 8.47. The summed E-state index contributed by atoms with van der Waals surface area (Å²) in [6, 6.07) is 1.66. The van der Waals surface area contributed by atoms with Crippen molar-refractivity contribution in [3.8, 4) is 6.07 Å². The maximum Gasteiger partial charge on any atom is 1.00 e. The van der Waals surface area contributed by atoms with E-state index in [1.807, 2.05) is 0 Å². The topological polar surface area (TPSA) is 67.8 Å². The van der Waals surface area contributed by atoms with Crippen molar-refractivity contribution in [3.63, 3.8) is 0 Å². The van der Waals surface area contributed by atoms with Crippen LogP contribution >= 0.6 is 0 Å². The summed E-state index contributed by atoms with van der Waals surface area (Å²) in [5, 5.41) is 22.6. The fourth-order valence-corrected chi connectivity index (χ4v) is 0. The normalized spacial score (nSPS) is 7.11. The van der Waals surface area contributed by atoms with Gasteiger partial charge >= 0.3 is 51.4 Å². The molecule has 0 aromatic rings. The first kappa shape index (κ1) is 16.3. The number of rotatable bonds is 0. The second-order valence-electron chi connectivity index (χ2n) is 1.67. The minimum absolute atomic E-state index is 0. The van der Waals surface area contributed by atoms with E-state index in [0.717, 1.165) is 0 Å². The smallest absolute Gasteiger partial charge is 0.512 e. The number of aliphatic hydroxyl groups is 1. The molecule has 0 saturated carbocycles. The molecule has 0 rings (SSSR count). The first-order valence-corrected chi connectivity index (χ1v) is 1.92. The quantitative estimate of drug-likeness (QED) is 0.233. The Bertz CT molecular complexity index is 108. The minimum atomic E-state index is -1.15. The van der Waals surface area contributed by atoms with Crippen LogP contribution in [0.25, 0.3) is 0 Å². The van der Waals surface area contributed by atoms with E-state index in [-0.39, 0.29) is 51.4 Å². The van der Waals surface area contributed by atoms with Gasteiger partial charge in [-0.05, 0) is 13.8 Å². The number of hydrogen-bond donors (Lipinski definition) is 1. The van der Waals surface area contributed by atoms with Crippen molar-refractivity contribution >= 4 is 0 Å². The van der Waals surface area contributed by atoms with Crippen molar-refractivity contribution in [3.05, 3.63) is 6.57 Å². The van der Waals surface area contributed by atoms with E-state index < -0.39 is 5.60 Å². The monoisotopic (exact) mass is 150 g/mol. The van der Waals surface area contributed by atoms with Gasteiger partial charge in [0.2, 0.25) is 0 Å². The predicted octanol–water partition coefficient (Wildman–Crippen LogP) is -2.62. The van der Waals surface area contributed by atoms with E-state index in [2.05, 4.69) is 0 Å². The van der Waals surface area contributed by atoms with Crippen LogP contribution in [0, 0.1) is 23.2 Å². The summed E-state index contributed by atoms with van der Waals surface area (Å²) in [6.45, 7) is 7.62. The van der Waals surface area contributed by atoms with Crippen molar-refractivity contribution in [2.24, 2.45) is 0 Å². The summed E-state index contributed by atoms with van der Waals surface area (Å²) >= 11 is 0. The molecule has 0 saturated heterocycles. The van der Waals surface area contributed by atoms with Crippen LogP contribution in [0.5, 0.6) is 0 Å². The van der Waals surface area contributed by atoms with E-state index in [9.17, 15) is 0 Å². The third kappa shape index (κ3) is 29.0. The van der Waals surface area contributed by atoms with Crippen molar-refractivity contribution in [1.29, 1.82) is 10.5 Å². The first-order valence-electron chi connectivity index (χ1n) is 1.92.